The second-order valence-corrected chi connectivity index (χ2v) is 7.00. The van der Waals surface area contributed by atoms with Crippen molar-refractivity contribution in [1.82, 2.24) is 5.32 Å². The van der Waals surface area contributed by atoms with Gasteiger partial charge in [0.05, 0.1) is 0 Å². The van der Waals surface area contributed by atoms with E-state index in [0.717, 1.165) is 11.1 Å². The summed E-state index contributed by atoms with van der Waals surface area (Å²) < 4.78 is 0. The monoisotopic (exact) mass is 404 g/mol. The fourth-order valence-corrected chi connectivity index (χ4v) is 3.06. The van der Waals surface area contributed by atoms with Crippen LogP contribution in [-0.4, -0.2) is 35.5 Å². The van der Waals surface area contributed by atoms with Gasteiger partial charge in [0.1, 0.15) is 6.04 Å². The highest BCUT2D eigenvalue weighted by atomic mass is 16.4. The predicted molar refractivity (Wildman–Crippen MR) is 117 cm³/mol. The third-order valence-electron chi connectivity index (χ3n) is 4.73. The van der Waals surface area contributed by atoms with Crippen molar-refractivity contribution in [3.8, 4) is 0 Å². The molecule has 154 valence electrons. The predicted octanol–water partition coefficient (Wildman–Crippen LogP) is 2.08. The number of amides is 1. The minimum Gasteiger partial charge on any atom is -0.480 e. The lowest BCUT2D eigenvalue weighted by Crippen LogP contribution is -2.37. The Kier molecular flexibility index (Phi) is 6.77. The summed E-state index contributed by atoms with van der Waals surface area (Å²) in [6.07, 6.45) is 0.898. The molecule has 0 heterocycles. The molecule has 6 N–H and O–H groups in total. The fraction of sp³-hybridized carbons (Fsp3) is 0.174. The number of carboxylic acids is 1. The highest BCUT2D eigenvalue weighted by Crippen LogP contribution is 2.16. The van der Waals surface area contributed by atoms with Crippen LogP contribution in [-0.2, 0) is 17.6 Å². The molecule has 0 aliphatic heterocycles. The quantitative estimate of drug-likeness (QED) is 0.354. The van der Waals surface area contributed by atoms with Crippen molar-refractivity contribution in [1.29, 1.82) is 0 Å². The summed E-state index contributed by atoms with van der Waals surface area (Å²) >= 11 is 0. The Morgan fingerprint density at radius 1 is 0.967 bits per heavy atom. The van der Waals surface area contributed by atoms with Crippen molar-refractivity contribution >= 4 is 28.6 Å². The van der Waals surface area contributed by atoms with Crippen LogP contribution in [0.5, 0.6) is 0 Å². The maximum atomic E-state index is 12.3. The smallest absolute Gasteiger partial charge is 0.320 e. The molecule has 0 aliphatic rings. The number of nitrogens with zero attached hydrogens (tertiary/aromatic N) is 1. The van der Waals surface area contributed by atoms with Gasteiger partial charge in [-0.15, -0.1) is 0 Å². The first-order valence-corrected chi connectivity index (χ1v) is 9.58. The summed E-state index contributed by atoms with van der Waals surface area (Å²) in [7, 11) is 0. The summed E-state index contributed by atoms with van der Waals surface area (Å²) in [6.45, 7) is 0.455. The lowest BCUT2D eigenvalue weighted by atomic mass is 10.0. The molecule has 0 aromatic heterocycles. The lowest BCUT2D eigenvalue weighted by Gasteiger charge is -2.08. The van der Waals surface area contributed by atoms with E-state index in [9.17, 15) is 9.59 Å². The first-order valence-electron chi connectivity index (χ1n) is 9.58. The van der Waals surface area contributed by atoms with Crippen LogP contribution in [0.15, 0.2) is 71.7 Å². The van der Waals surface area contributed by atoms with Gasteiger partial charge in [0.25, 0.3) is 5.91 Å². The van der Waals surface area contributed by atoms with Crippen LogP contribution in [0.3, 0.4) is 0 Å². The van der Waals surface area contributed by atoms with Crippen molar-refractivity contribution in [2.24, 2.45) is 16.5 Å². The number of carboxylic acid groups (broad SMARTS) is 1. The van der Waals surface area contributed by atoms with Crippen LogP contribution >= 0.6 is 0 Å². The number of rotatable bonds is 7. The lowest BCUT2D eigenvalue weighted by molar-refractivity contribution is -0.138. The number of hydrogen-bond donors (Lipinski definition) is 4. The normalized spacial score (nSPS) is 12.5. The van der Waals surface area contributed by atoms with Gasteiger partial charge in [-0.3, -0.25) is 19.9 Å². The van der Waals surface area contributed by atoms with E-state index in [2.05, 4.69) is 40.6 Å². The largest absolute Gasteiger partial charge is 0.480 e. The van der Waals surface area contributed by atoms with Gasteiger partial charge in [0, 0.05) is 12.1 Å². The molecule has 0 radical (unpaired) electrons. The van der Waals surface area contributed by atoms with E-state index in [1.165, 1.54) is 10.8 Å². The van der Waals surface area contributed by atoms with E-state index in [1.54, 1.807) is 24.3 Å². The number of nitrogens with two attached hydrogens (primary N) is 2. The Hall–Kier alpha value is -3.71. The number of carbonyl (C=O) groups excluding carboxylic acids is 1. The van der Waals surface area contributed by atoms with Crippen molar-refractivity contribution in [2.45, 2.75) is 18.9 Å². The summed E-state index contributed by atoms with van der Waals surface area (Å²) in [5.41, 5.74) is 13.6. The van der Waals surface area contributed by atoms with Crippen LogP contribution in [0.25, 0.3) is 10.8 Å². The molecule has 0 aliphatic carbocycles. The molecule has 1 unspecified atom stereocenters. The van der Waals surface area contributed by atoms with Crippen LogP contribution < -0.4 is 16.8 Å². The minimum atomic E-state index is -1.07. The Labute approximate surface area is 174 Å². The number of fused-ring (bicyclic) bond motifs is 1. The number of benzene rings is 3. The summed E-state index contributed by atoms with van der Waals surface area (Å²) in [6, 6.07) is 20.0. The zero-order chi connectivity index (χ0) is 21.5. The number of aliphatic imine (C=N–C) groups is 1. The number of guanidine groups is 1. The zero-order valence-corrected chi connectivity index (χ0v) is 16.4. The topological polar surface area (TPSA) is 131 Å². The van der Waals surface area contributed by atoms with Crippen LogP contribution in [0.1, 0.15) is 21.5 Å². The molecule has 0 spiro atoms. The molecule has 0 saturated heterocycles. The standard InChI is InChI=1S/C23H24N4O3/c24-20(22(29)30)14-15-6-9-18(10-7-15)21(28)27-23(25)26-12-11-16-5-8-17-3-1-2-4-19(17)13-16/h1-10,13,20H,11-12,14,24H2,(H,29,30)(H3,25,26,27,28). The molecule has 7 nitrogen and oxygen atoms in total. The average molecular weight is 404 g/mol. The molecule has 1 amide bonds. The van der Waals surface area contributed by atoms with E-state index in [-0.39, 0.29) is 18.3 Å². The summed E-state index contributed by atoms with van der Waals surface area (Å²) in [4.78, 5) is 27.3. The second kappa shape index (κ2) is 9.67. The molecule has 30 heavy (non-hydrogen) atoms. The Morgan fingerprint density at radius 2 is 1.63 bits per heavy atom. The molecule has 7 heteroatoms. The van der Waals surface area contributed by atoms with Gasteiger partial charge in [-0.25, -0.2) is 0 Å². The highest BCUT2D eigenvalue weighted by molar-refractivity contribution is 6.05. The Bertz CT molecular complexity index is 1080. The van der Waals surface area contributed by atoms with Crippen LogP contribution in [0, 0.1) is 0 Å². The van der Waals surface area contributed by atoms with Gasteiger partial charge in [-0.2, -0.15) is 0 Å². The first kappa shape index (κ1) is 21.0. The third-order valence-corrected chi connectivity index (χ3v) is 4.73. The van der Waals surface area contributed by atoms with Crippen LogP contribution in [0.2, 0.25) is 0 Å². The molecule has 0 saturated carbocycles. The minimum absolute atomic E-state index is 0.0535. The molecule has 3 aromatic rings. The van der Waals surface area contributed by atoms with E-state index < -0.39 is 12.0 Å². The van der Waals surface area contributed by atoms with Gasteiger partial charge >= 0.3 is 5.97 Å². The molecule has 0 bridgehead atoms. The molecular weight excluding hydrogens is 380 g/mol. The molecule has 1 atom stereocenters. The SMILES string of the molecule is NC(=NCCc1ccc2ccccc2c1)NC(=O)c1ccc(CC(N)C(=O)O)cc1. The average Bonchev–Trinajstić information content (AvgIpc) is 2.74. The van der Waals surface area contributed by atoms with Crippen molar-refractivity contribution < 1.29 is 14.7 Å². The molecular formula is C23H24N4O3. The van der Waals surface area contributed by atoms with Gasteiger partial charge in [0.15, 0.2) is 5.96 Å². The second-order valence-electron chi connectivity index (χ2n) is 7.00. The van der Waals surface area contributed by atoms with E-state index in [1.807, 2.05) is 12.1 Å². The van der Waals surface area contributed by atoms with Crippen molar-refractivity contribution in [3.05, 3.63) is 83.4 Å². The number of hydrogen-bond acceptors (Lipinski definition) is 4. The van der Waals surface area contributed by atoms with Gasteiger partial charge < -0.3 is 16.6 Å². The maximum absolute atomic E-state index is 12.3. The maximum Gasteiger partial charge on any atom is 0.320 e. The highest BCUT2D eigenvalue weighted by Gasteiger charge is 2.13. The van der Waals surface area contributed by atoms with E-state index in [0.29, 0.717) is 18.5 Å². The number of carbonyl (C=O) groups is 2. The first-order chi connectivity index (χ1) is 14.4. The van der Waals surface area contributed by atoms with Crippen molar-refractivity contribution in [3.63, 3.8) is 0 Å². The van der Waals surface area contributed by atoms with Crippen LogP contribution in [0.4, 0.5) is 0 Å². The molecule has 0 fully saturated rings. The van der Waals surface area contributed by atoms with E-state index >= 15 is 0 Å². The molecule has 3 aromatic carbocycles. The van der Waals surface area contributed by atoms with Gasteiger partial charge in [0.2, 0.25) is 0 Å². The van der Waals surface area contributed by atoms with E-state index in [4.69, 9.17) is 16.6 Å². The third kappa shape index (κ3) is 5.65. The van der Waals surface area contributed by atoms with Gasteiger partial charge in [-0.1, -0.05) is 54.6 Å². The fourth-order valence-electron chi connectivity index (χ4n) is 3.06. The summed E-state index contributed by atoms with van der Waals surface area (Å²) in [5.74, 6) is -1.39. The Morgan fingerprint density at radius 3 is 2.33 bits per heavy atom. The number of aliphatic carboxylic acids is 1. The molecule has 3 rings (SSSR count). The number of nitrogens with one attached hydrogen (secondary N) is 1. The summed E-state index contributed by atoms with van der Waals surface area (Å²) in [5, 5.41) is 13.8. The van der Waals surface area contributed by atoms with Crippen molar-refractivity contribution in [2.75, 3.05) is 6.54 Å². The van der Waals surface area contributed by atoms with Gasteiger partial charge in [-0.05, 0) is 46.9 Å². The Balaban J connectivity index is 1.52. The zero-order valence-electron chi connectivity index (χ0n) is 16.4.